The molecule has 2 N–H and O–H groups in total. The number of hydrogen-bond acceptors (Lipinski definition) is 5. The third kappa shape index (κ3) is 3.05. The number of rotatable bonds is 5. The summed E-state index contributed by atoms with van der Waals surface area (Å²) in [5, 5.41) is 4.77. The third-order valence-electron chi connectivity index (χ3n) is 2.58. The van der Waals surface area contributed by atoms with E-state index in [2.05, 4.69) is 10.0 Å². The quantitative estimate of drug-likeness (QED) is 0.823. The minimum Gasteiger partial charge on any atom is -0.380 e. The molecule has 1 aliphatic rings. The topological polar surface area (TPSA) is 67.4 Å². The van der Waals surface area contributed by atoms with Crippen LogP contribution in [0.15, 0.2) is 16.3 Å². The largest absolute Gasteiger partial charge is 0.380 e. The van der Waals surface area contributed by atoms with Crippen LogP contribution in [-0.2, 0) is 21.3 Å². The summed E-state index contributed by atoms with van der Waals surface area (Å²) in [5.74, 6) is 0. The average molecular weight is 276 g/mol. The lowest BCUT2D eigenvalue weighted by atomic mass is 10.3. The average Bonchev–Trinajstić information content (AvgIpc) is 2.88. The summed E-state index contributed by atoms with van der Waals surface area (Å²) < 4.78 is 32.2. The molecule has 0 bridgehead atoms. The highest BCUT2D eigenvalue weighted by molar-refractivity contribution is 7.89. The van der Waals surface area contributed by atoms with Crippen molar-refractivity contribution in [2.75, 3.05) is 20.3 Å². The number of sulfonamides is 1. The molecule has 0 radical (unpaired) electrons. The zero-order valence-corrected chi connectivity index (χ0v) is 11.2. The van der Waals surface area contributed by atoms with Crippen molar-refractivity contribution in [1.82, 2.24) is 10.0 Å². The van der Waals surface area contributed by atoms with Crippen LogP contribution in [-0.4, -0.2) is 34.7 Å². The van der Waals surface area contributed by atoms with Gasteiger partial charge in [0.2, 0.25) is 10.0 Å². The first-order chi connectivity index (χ1) is 8.13. The van der Waals surface area contributed by atoms with Crippen LogP contribution in [0.2, 0.25) is 0 Å². The van der Waals surface area contributed by atoms with E-state index in [-0.39, 0.29) is 6.04 Å². The molecule has 1 atom stereocenters. The van der Waals surface area contributed by atoms with E-state index >= 15 is 0 Å². The molecule has 0 amide bonds. The molecule has 17 heavy (non-hydrogen) atoms. The van der Waals surface area contributed by atoms with E-state index in [1.165, 1.54) is 11.3 Å². The van der Waals surface area contributed by atoms with Crippen LogP contribution in [0.25, 0.3) is 0 Å². The molecule has 0 aliphatic carbocycles. The standard InChI is InChI=1S/C10H16N2O3S2/c1-11-6-9-10(3-5-16-9)17(13,14)12-8-2-4-15-7-8/h3,5,8,11-12H,2,4,6-7H2,1H3. The molecule has 2 rings (SSSR count). The van der Waals surface area contributed by atoms with Crippen molar-refractivity contribution < 1.29 is 13.2 Å². The van der Waals surface area contributed by atoms with Gasteiger partial charge in [-0.25, -0.2) is 13.1 Å². The predicted molar refractivity (Wildman–Crippen MR) is 66.6 cm³/mol. The molecule has 2 heterocycles. The van der Waals surface area contributed by atoms with Crippen LogP contribution >= 0.6 is 11.3 Å². The summed E-state index contributed by atoms with van der Waals surface area (Å²) in [7, 11) is -1.61. The first-order valence-corrected chi connectivity index (χ1v) is 7.81. The summed E-state index contributed by atoms with van der Waals surface area (Å²) in [5.41, 5.74) is 0. The Labute approximate surface area is 105 Å². The van der Waals surface area contributed by atoms with Gasteiger partial charge in [0.1, 0.15) is 0 Å². The van der Waals surface area contributed by atoms with E-state index in [9.17, 15) is 8.42 Å². The van der Waals surface area contributed by atoms with Crippen molar-refractivity contribution in [3.05, 3.63) is 16.3 Å². The lowest BCUT2D eigenvalue weighted by Crippen LogP contribution is -2.35. The molecule has 1 saturated heterocycles. The molecule has 0 spiro atoms. The summed E-state index contributed by atoms with van der Waals surface area (Å²) in [4.78, 5) is 1.21. The molecular weight excluding hydrogens is 260 g/mol. The Morgan fingerprint density at radius 2 is 2.41 bits per heavy atom. The number of thiophene rings is 1. The second kappa shape index (κ2) is 5.45. The van der Waals surface area contributed by atoms with E-state index in [0.29, 0.717) is 24.7 Å². The number of nitrogens with one attached hydrogen (secondary N) is 2. The Kier molecular flexibility index (Phi) is 4.16. The molecule has 0 aromatic carbocycles. The van der Waals surface area contributed by atoms with Crippen LogP contribution < -0.4 is 10.0 Å². The highest BCUT2D eigenvalue weighted by Gasteiger charge is 2.25. The molecule has 1 aliphatic heterocycles. The monoisotopic (exact) mass is 276 g/mol. The molecule has 7 heteroatoms. The van der Waals surface area contributed by atoms with Crippen LogP contribution in [0.1, 0.15) is 11.3 Å². The summed E-state index contributed by atoms with van der Waals surface area (Å²) >= 11 is 1.45. The first kappa shape index (κ1) is 13.0. The summed E-state index contributed by atoms with van der Waals surface area (Å²) in [6.45, 7) is 1.65. The Balaban J connectivity index is 2.15. The Hall–Kier alpha value is -0.470. The van der Waals surface area contributed by atoms with Crippen LogP contribution in [0.4, 0.5) is 0 Å². The Morgan fingerprint density at radius 1 is 1.59 bits per heavy atom. The van der Waals surface area contributed by atoms with Crippen LogP contribution in [0, 0.1) is 0 Å². The van der Waals surface area contributed by atoms with Gasteiger partial charge in [-0.2, -0.15) is 0 Å². The van der Waals surface area contributed by atoms with Gasteiger partial charge in [-0.3, -0.25) is 0 Å². The second-order valence-electron chi connectivity index (χ2n) is 3.92. The van der Waals surface area contributed by atoms with Gasteiger partial charge in [0.15, 0.2) is 0 Å². The normalized spacial score (nSPS) is 20.9. The van der Waals surface area contributed by atoms with E-state index in [1.54, 1.807) is 18.5 Å². The van der Waals surface area contributed by atoms with Gasteiger partial charge < -0.3 is 10.1 Å². The van der Waals surface area contributed by atoms with Crippen LogP contribution in [0.5, 0.6) is 0 Å². The van der Waals surface area contributed by atoms with E-state index in [0.717, 1.165) is 11.3 Å². The molecule has 1 fully saturated rings. The van der Waals surface area contributed by atoms with Crippen molar-refractivity contribution in [1.29, 1.82) is 0 Å². The highest BCUT2D eigenvalue weighted by atomic mass is 32.2. The molecular formula is C10H16N2O3S2. The predicted octanol–water partition coefficient (Wildman–Crippen LogP) is 0.535. The van der Waals surface area contributed by atoms with Crippen molar-refractivity contribution in [2.24, 2.45) is 0 Å². The molecule has 5 nitrogen and oxygen atoms in total. The van der Waals surface area contributed by atoms with Crippen LogP contribution in [0.3, 0.4) is 0 Å². The Bertz CT molecular complexity index is 464. The maximum Gasteiger partial charge on any atom is 0.242 e. The van der Waals surface area contributed by atoms with Gasteiger partial charge in [0.05, 0.1) is 11.5 Å². The van der Waals surface area contributed by atoms with Gasteiger partial charge in [-0.05, 0) is 24.9 Å². The Morgan fingerprint density at radius 3 is 3.06 bits per heavy atom. The zero-order chi connectivity index (χ0) is 12.3. The maximum absolute atomic E-state index is 12.2. The number of ether oxygens (including phenoxy) is 1. The fourth-order valence-electron chi connectivity index (χ4n) is 1.77. The minimum absolute atomic E-state index is 0.0951. The van der Waals surface area contributed by atoms with Gasteiger partial charge in [-0.1, -0.05) is 0 Å². The van der Waals surface area contributed by atoms with Gasteiger partial charge in [-0.15, -0.1) is 11.3 Å². The lowest BCUT2D eigenvalue weighted by molar-refractivity contribution is 0.192. The van der Waals surface area contributed by atoms with E-state index in [4.69, 9.17) is 4.74 Å². The van der Waals surface area contributed by atoms with Crippen molar-refractivity contribution >= 4 is 21.4 Å². The third-order valence-corrected chi connectivity index (χ3v) is 5.24. The zero-order valence-electron chi connectivity index (χ0n) is 9.60. The van der Waals surface area contributed by atoms with E-state index < -0.39 is 10.0 Å². The fourth-order valence-corrected chi connectivity index (χ4v) is 4.48. The maximum atomic E-state index is 12.2. The molecule has 96 valence electrons. The highest BCUT2D eigenvalue weighted by Crippen LogP contribution is 2.22. The van der Waals surface area contributed by atoms with Gasteiger partial charge >= 0.3 is 0 Å². The van der Waals surface area contributed by atoms with Crippen molar-refractivity contribution in [3.8, 4) is 0 Å². The first-order valence-electron chi connectivity index (χ1n) is 5.44. The number of hydrogen-bond donors (Lipinski definition) is 2. The molecule has 1 aromatic rings. The van der Waals surface area contributed by atoms with Crippen molar-refractivity contribution in [2.45, 2.75) is 23.9 Å². The smallest absolute Gasteiger partial charge is 0.242 e. The molecule has 1 unspecified atom stereocenters. The van der Waals surface area contributed by atoms with Gasteiger partial charge in [0, 0.05) is 24.1 Å². The summed E-state index contributed by atoms with van der Waals surface area (Å²) in [6.07, 6.45) is 0.741. The van der Waals surface area contributed by atoms with Gasteiger partial charge in [0.25, 0.3) is 0 Å². The molecule has 1 aromatic heterocycles. The van der Waals surface area contributed by atoms with E-state index in [1.807, 2.05) is 0 Å². The van der Waals surface area contributed by atoms with Crippen molar-refractivity contribution in [3.63, 3.8) is 0 Å². The summed E-state index contributed by atoms with van der Waals surface area (Å²) in [6, 6.07) is 1.55. The fraction of sp³-hybridized carbons (Fsp3) is 0.600. The molecule has 0 saturated carbocycles. The lowest BCUT2D eigenvalue weighted by Gasteiger charge is -2.11. The SMILES string of the molecule is CNCc1sccc1S(=O)(=O)NC1CCOC1. The second-order valence-corrected chi connectivity index (χ2v) is 6.60. The minimum atomic E-state index is -3.41.